The quantitative estimate of drug-likeness (QED) is 0.367. The molecule has 0 N–H and O–H groups in total. The van der Waals surface area contributed by atoms with Crippen LogP contribution >= 0.6 is 23.4 Å². The van der Waals surface area contributed by atoms with E-state index in [2.05, 4.69) is 28.9 Å². The van der Waals surface area contributed by atoms with Crippen LogP contribution in [0.5, 0.6) is 5.75 Å². The Balaban J connectivity index is 1.45. The molecule has 32 heavy (non-hydrogen) atoms. The molecule has 1 heterocycles. The van der Waals surface area contributed by atoms with E-state index >= 15 is 0 Å². The van der Waals surface area contributed by atoms with E-state index < -0.39 is 0 Å². The maximum Gasteiger partial charge on any atom is 0.277 e. The number of rotatable bonds is 11. The van der Waals surface area contributed by atoms with Gasteiger partial charge >= 0.3 is 0 Å². The smallest absolute Gasteiger partial charge is 0.277 e. The van der Waals surface area contributed by atoms with E-state index in [1.54, 1.807) is 36.2 Å². The molecule has 0 aliphatic carbocycles. The number of anilines is 1. The van der Waals surface area contributed by atoms with Crippen molar-refractivity contribution in [3.05, 3.63) is 53.6 Å². The van der Waals surface area contributed by atoms with Gasteiger partial charge < -0.3 is 19.0 Å². The first kappa shape index (κ1) is 23.9. The number of hydrogen-bond donors (Lipinski definition) is 0. The van der Waals surface area contributed by atoms with Crippen LogP contribution in [0.3, 0.4) is 0 Å². The summed E-state index contributed by atoms with van der Waals surface area (Å²) in [6.45, 7) is 7.02. The van der Waals surface area contributed by atoms with Crippen molar-refractivity contribution >= 4 is 35.0 Å². The number of carbonyl (C=O) groups excluding carboxylic acids is 1. The van der Waals surface area contributed by atoms with Crippen LogP contribution in [-0.2, 0) is 4.79 Å². The Morgan fingerprint density at radius 3 is 2.41 bits per heavy atom. The van der Waals surface area contributed by atoms with Gasteiger partial charge in [-0.05, 0) is 62.4 Å². The van der Waals surface area contributed by atoms with E-state index in [1.807, 2.05) is 24.3 Å². The first-order valence-corrected chi connectivity index (χ1v) is 11.8. The third-order valence-corrected chi connectivity index (χ3v) is 5.96. The number of halogens is 1. The van der Waals surface area contributed by atoms with Crippen molar-refractivity contribution in [2.45, 2.75) is 19.1 Å². The summed E-state index contributed by atoms with van der Waals surface area (Å²) in [5, 5.41) is 9.18. The number of ether oxygens (including phenoxy) is 1. The molecule has 0 fully saturated rings. The van der Waals surface area contributed by atoms with Crippen molar-refractivity contribution < 1.29 is 13.9 Å². The van der Waals surface area contributed by atoms with Crippen molar-refractivity contribution in [3.8, 4) is 17.2 Å². The van der Waals surface area contributed by atoms with Crippen molar-refractivity contribution in [2.75, 3.05) is 43.9 Å². The number of benzene rings is 2. The van der Waals surface area contributed by atoms with Gasteiger partial charge in [0.2, 0.25) is 11.8 Å². The lowest BCUT2D eigenvalue weighted by Crippen LogP contribution is -2.32. The molecule has 0 saturated heterocycles. The van der Waals surface area contributed by atoms with Crippen LogP contribution in [0.25, 0.3) is 11.5 Å². The van der Waals surface area contributed by atoms with Crippen LogP contribution in [0.1, 0.15) is 13.8 Å². The normalized spacial score (nSPS) is 10.8. The number of hydrogen-bond acceptors (Lipinski definition) is 7. The summed E-state index contributed by atoms with van der Waals surface area (Å²) < 4.78 is 11.4. The fourth-order valence-corrected chi connectivity index (χ4v) is 3.81. The first-order valence-electron chi connectivity index (χ1n) is 10.4. The van der Waals surface area contributed by atoms with Crippen LogP contribution in [0.15, 0.2) is 58.2 Å². The predicted molar refractivity (Wildman–Crippen MR) is 129 cm³/mol. The monoisotopic (exact) mass is 474 g/mol. The Morgan fingerprint density at radius 2 is 1.75 bits per heavy atom. The average molecular weight is 475 g/mol. The molecule has 170 valence electrons. The van der Waals surface area contributed by atoms with Gasteiger partial charge in [-0.1, -0.05) is 23.4 Å². The standard InChI is InChI=1S/C23H27ClN4O3S/c1-4-28(5-2)19-10-6-17(7-11-19)22-25-26-23(31-22)32-16-21(29)27(3)14-15-30-20-12-8-18(24)9-13-20/h6-13H,4-5,14-16H2,1-3H3. The molecule has 0 radical (unpaired) electrons. The van der Waals surface area contributed by atoms with Gasteiger partial charge in [0.05, 0.1) is 12.3 Å². The summed E-state index contributed by atoms with van der Waals surface area (Å²) in [7, 11) is 1.74. The fraction of sp³-hybridized carbons (Fsp3) is 0.348. The number of likely N-dealkylation sites (N-methyl/N-ethyl adjacent to an activating group) is 1. The Kier molecular flexibility index (Phi) is 8.81. The Morgan fingerprint density at radius 1 is 1.06 bits per heavy atom. The summed E-state index contributed by atoms with van der Waals surface area (Å²) in [5.41, 5.74) is 2.00. The summed E-state index contributed by atoms with van der Waals surface area (Å²) in [6, 6.07) is 15.1. The Labute approximate surface area is 197 Å². The average Bonchev–Trinajstić information content (AvgIpc) is 3.29. The summed E-state index contributed by atoms with van der Waals surface area (Å²) in [4.78, 5) is 16.3. The zero-order valence-corrected chi connectivity index (χ0v) is 20.0. The summed E-state index contributed by atoms with van der Waals surface area (Å²) >= 11 is 7.08. The van der Waals surface area contributed by atoms with Gasteiger partial charge in [0.15, 0.2) is 0 Å². The Bertz CT molecular complexity index is 991. The number of nitrogens with zero attached hydrogens (tertiary/aromatic N) is 4. The third-order valence-electron chi connectivity index (χ3n) is 4.90. The number of carbonyl (C=O) groups is 1. The zero-order valence-electron chi connectivity index (χ0n) is 18.5. The molecule has 0 spiro atoms. The second-order valence-corrected chi connectivity index (χ2v) is 8.36. The Hall–Kier alpha value is -2.71. The maximum atomic E-state index is 12.4. The van der Waals surface area contributed by atoms with E-state index in [1.165, 1.54) is 11.8 Å². The lowest BCUT2D eigenvalue weighted by atomic mass is 10.2. The number of amides is 1. The lowest BCUT2D eigenvalue weighted by molar-refractivity contribution is -0.127. The third kappa shape index (κ3) is 6.64. The molecule has 9 heteroatoms. The van der Waals surface area contributed by atoms with E-state index in [9.17, 15) is 4.79 Å². The minimum Gasteiger partial charge on any atom is -0.492 e. The molecule has 0 aliphatic heterocycles. The van der Waals surface area contributed by atoms with Gasteiger partial charge in [0.1, 0.15) is 12.4 Å². The van der Waals surface area contributed by atoms with Crippen molar-refractivity contribution in [1.82, 2.24) is 15.1 Å². The van der Waals surface area contributed by atoms with Crippen molar-refractivity contribution in [1.29, 1.82) is 0 Å². The molecule has 3 aromatic rings. The van der Waals surface area contributed by atoms with Gasteiger partial charge in [-0.25, -0.2) is 0 Å². The highest BCUT2D eigenvalue weighted by molar-refractivity contribution is 7.99. The lowest BCUT2D eigenvalue weighted by Gasteiger charge is -2.20. The molecular weight excluding hydrogens is 448 g/mol. The van der Waals surface area contributed by atoms with Crippen LogP contribution in [0.4, 0.5) is 5.69 Å². The molecule has 0 saturated carbocycles. The molecule has 2 aromatic carbocycles. The fourth-order valence-electron chi connectivity index (χ4n) is 2.98. The zero-order chi connectivity index (χ0) is 22.9. The summed E-state index contributed by atoms with van der Waals surface area (Å²) in [5.74, 6) is 1.32. The van der Waals surface area contributed by atoms with Crippen LogP contribution < -0.4 is 9.64 Å². The van der Waals surface area contributed by atoms with Gasteiger partial charge in [0, 0.05) is 36.4 Å². The van der Waals surface area contributed by atoms with Crippen LogP contribution in [0, 0.1) is 0 Å². The molecule has 3 rings (SSSR count). The van der Waals surface area contributed by atoms with E-state index in [4.69, 9.17) is 20.8 Å². The first-order chi connectivity index (χ1) is 15.5. The van der Waals surface area contributed by atoms with Crippen molar-refractivity contribution in [3.63, 3.8) is 0 Å². The SMILES string of the molecule is CCN(CC)c1ccc(-c2nnc(SCC(=O)N(C)CCOc3ccc(Cl)cc3)o2)cc1. The highest BCUT2D eigenvalue weighted by Gasteiger charge is 2.14. The minimum absolute atomic E-state index is 0.0435. The number of aromatic nitrogens is 2. The van der Waals surface area contributed by atoms with Gasteiger partial charge in [0.25, 0.3) is 5.22 Å². The highest BCUT2D eigenvalue weighted by atomic mass is 35.5. The van der Waals surface area contributed by atoms with Gasteiger partial charge in [-0.2, -0.15) is 0 Å². The molecule has 0 aliphatic rings. The molecule has 0 unspecified atom stereocenters. The van der Waals surface area contributed by atoms with Gasteiger partial charge in [-0.3, -0.25) is 4.79 Å². The minimum atomic E-state index is -0.0435. The second-order valence-electron chi connectivity index (χ2n) is 7.00. The molecular formula is C23H27ClN4O3S. The molecule has 1 aromatic heterocycles. The predicted octanol–water partition coefficient (Wildman–Crippen LogP) is 4.87. The molecule has 0 bridgehead atoms. The van der Waals surface area contributed by atoms with Gasteiger partial charge in [-0.15, -0.1) is 10.2 Å². The topological polar surface area (TPSA) is 71.7 Å². The molecule has 1 amide bonds. The van der Waals surface area contributed by atoms with Crippen LogP contribution in [-0.4, -0.2) is 60.0 Å². The number of thioether (sulfide) groups is 1. The van der Waals surface area contributed by atoms with Crippen LogP contribution in [0.2, 0.25) is 5.02 Å². The second kappa shape index (κ2) is 11.8. The molecule has 7 nitrogen and oxygen atoms in total. The summed E-state index contributed by atoms with van der Waals surface area (Å²) in [6.07, 6.45) is 0. The highest BCUT2D eigenvalue weighted by Crippen LogP contribution is 2.25. The van der Waals surface area contributed by atoms with E-state index in [0.717, 1.165) is 24.3 Å². The van der Waals surface area contributed by atoms with E-state index in [-0.39, 0.29) is 11.7 Å². The van der Waals surface area contributed by atoms with E-state index in [0.29, 0.717) is 35.0 Å². The molecule has 0 atom stereocenters. The largest absolute Gasteiger partial charge is 0.492 e. The van der Waals surface area contributed by atoms with Crippen molar-refractivity contribution in [2.24, 2.45) is 0 Å². The maximum absolute atomic E-state index is 12.4.